The summed E-state index contributed by atoms with van der Waals surface area (Å²) in [5.74, 6) is 1.58. The maximum atomic E-state index is 12.8. The number of sulfonamides is 1. The van der Waals surface area contributed by atoms with Crippen LogP contribution in [0.4, 0.5) is 5.69 Å². The first-order valence-electron chi connectivity index (χ1n) is 9.62. The van der Waals surface area contributed by atoms with E-state index in [1.807, 2.05) is 12.1 Å². The summed E-state index contributed by atoms with van der Waals surface area (Å²) in [5.41, 5.74) is 0.286. The van der Waals surface area contributed by atoms with Crippen LogP contribution in [0.2, 0.25) is 0 Å². The van der Waals surface area contributed by atoms with E-state index in [1.54, 1.807) is 24.3 Å². The van der Waals surface area contributed by atoms with Gasteiger partial charge in [0.05, 0.1) is 32.7 Å². The predicted molar refractivity (Wildman–Crippen MR) is 116 cm³/mol. The van der Waals surface area contributed by atoms with Crippen molar-refractivity contribution in [1.29, 1.82) is 0 Å². The number of ether oxygens (including phenoxy) is 4. The first kappa shape index (κ1) is 22.5. The molecule has 0 spiro atoms. The van der Waals surface area contributed by atoms with Crippen molar-refractivity contribution >= 4 is 21.6 Å². The highest BCUT2D eigenvalue weighted by molar-refractivity contribution is 7.92. The Bertz CT molecular complexity index is 1040. The average Bonchev–Trinajstić information content (AvgIpc) is 2.76. The molecule has 0 saturated heterocycles. The lowest BCUT2D eigenvalue weighted by Crippen LogP contribution is -2.50. The standard InChI is InChI=1S/C21H26N2O7S/c1-14(21(24)22-12-16-13-29-18-7-5-6-8-19(18)30-16)23(31(4,25)26)15-9-10-17(27-2)20(11-15)28-3/h5-11,14,16H,12-13H2,1-4H3,(H,22,24)/t14-,16-/m1/s1. The fraction of sp³-hybridized carbons (Fsp3) is 0.381. The van der Waals surface area contributed by atoms with Crippen molar-refractivity contribution in [3.05, 3.63) is 42.5 Å². The molecule has 1 amide bonds. The van der Waals surface area contributed by atoms with Crippen LogP contribution >= 0.6 is 0 Å². The van der Waals surface area contributed by atoms with E-state index in [4.69, 9.17) is 18.9 Å². The molecule has 0 aromatic heterocycles. The smallest absolute Gasteiger partial charge is 0.243 e. The monoisotopic (exact) mass is 450 g/mol. The number of para-hydroxylation sites is 2. The second-order valence-corrected chi connectivity index (χ2v) is 8.88. The Hall–Kier alpha value is -3.14. The third-order valence-electron chi connectivity index (χ3n) is 4.78. The van der Waals surface area contributed by atoms with Crippen LogP contribution in [0.5, 0.6) is 23.0 Å². The number of hydrogen-bond acceptors (Lipinski definition) is 7. The van der Waals surface area contributed by atoms with Gasteiger partial charge in [-0.1, -0.05) is 12.1 Å². The third kappa shape index (κ3) is 5.13. The second-order valence-electron chi connectivity index (χ2n) is 7.02. The SMILES string of the molecule is COc1ccc(N([C@H](C)C(=O)NC[C@@H]2COc3ccccc3O2)S(C)(=O)=O)cc1OC. The van der Waals surface area contributed by atoms with E-state index in [0.29, 0.717) is 23.0 Å². The van der Waals surface area contributed by atoms with Gasteiger partial charge in [0.25, 0.3) is 0 Å². The first-order chi connectivity index (χ1) is 14.7. The summed E-state index contributed by atoms with van der Waals surface area (Å²) >= 11 is 0. The van der Waals surface area contributed by atoms with Gasteiger partial charge in [-0.3, -0.25) is 9.10 Å². The van der Waals surface area contributed by atoms with Crippen LogP contribution in [0, 0.1) is 0 Å². The number of benzene rings is 2. The van der Waals surface area contributed by atoms with Crippen LogP contribution in [0.25, 0.3) is 0 Å². The number of anilines is 1. The summed E-state index contributed by atoms with van der Waals surface area (Å²) in [6.07, 6.45) is 0.654. The van der Waals surface area contributed by atoms with Crippen molar-refractivity contribution in [1.82, 2.24) is 5.32 Å². The van der Waals surface area contributed by atoms with E-state index in [9.17, 15) is 13.2 Å². The van der Waals surface area contributed by atoms with Gasteiger partial charge in [0.2, 0.25) is 15.9 Å². The maximum absolute atomic E-state index is 12.8. The molecule has 0 aliphatic carbocycles. The van der Waals surface area contributed by atoms with Gasteiger partial charge < -0.3 is 24.3 Å². The van der Waals surface area contributed by atoms with Crippen LogP contribution in [-0.2, 0) is 14.8 Å². The van der Waals surface area contributed by atoms with E-state index >= 15 is 0 Å². The molecule has 1 aliphatic heterocycles. The maximum Gasteiger partial charge on any atom is 0.243 e. The van der Waals surface area contributed by atoms with E-state index in [0.717, 1.165) is 10.6 Å². The largest absolute Gasteiger partial charge is 0.493 e. The normalized spacial score (nSPS) is 16.2. The van der Waals surface area contributed by atoms with E-state index < -0.39 is 22.0 Å². The van der Waals surface area contributed by atoms with Crippen molar-refractivity contribution in [2.45, 2.75) is 19.1 Å². The highest BCUT2D eigenvalue weighted by atomic mass is 32.2. The van der Waals surface area contributed by atoms with E-state index in [2.05, 4.69) is 5.32 Å². The van der Waals surface area contributed by atoms with Gasteiger partial charge in [-0.25, -0.2) is 8.42 Å². The highest BCUT2D eigenvalue weighted by Gasteiger charge is 2.31. The Kier molecular flexibility index (Phi) is 6.79. The minimum atomic E-state index is -3.77. The molecule has 0 bridgehead atoms. The highest BCUT2D eigenvalue weighted by Crippen LogP contribution is 2.33. The number of hydrogen-bond donors (Lipinski definition) is 1. The molecule has 168 valence electrons. The van der Waals surface area contributed by atoms with Crippen molar-refractivity contribution < 1.29 is 32.2 Å². The van der Waals surface area contributed by atoms with Gasteiger partial charge in [-0.2, -0.15) is 0 Å². The fourth-order valence-corrected chi connectivity index (χ4v) is 4.46. The van der Waals surface area contributed by atoms with Crippen molar-refractivity contribution in [3.63, 3.8) is 0 Å². The third-order valence-corrected chi connectivity index (χ3v) is 6.02. The zero-order valence-electron chi connectivity index (χ0n) is 17.8. The topological polar surface area (TPSA) is 103 Å². The summed E-state index contributed by atoms with van der Waals surface area (Å²) in [6, 6.07) is 10.9. The van der Waals surface area contributed by atoms with E-state index in [-0.39, 0.29) is 24.9 Å². The summed E-state index contributed by atoms with van der Waals surface area (Å²) in [5, 5.41) is 2.75. The van der Waals surface area contributed by atoms with E-state index in [1.165, 1.54) is 27.2 Å². The van der Waals surface area contributed by atoms with Crippen molar-refractivity contribution in [2.24, 2.45) is 0 Å². The number of nitrogens with one attached hydrogen (secondary N) is 1. The molecule has 2 aromatic carbocycles. The number of nitrogens with zero attached hydrogens (tertiary/aromatic N) is 1. The van der Waals surface area contributed by atoms with Crippen LogP contribution < -0.4 is 28.6 Å². The average molecular weight is 451 g/mol. The Morgan fingerprint density at radius 3 is 2.48 bits per heavy atom. The molecule has 3 rings (SSSR count). The molecule has 10 heteroatoms. The van der Waals surface area contributed by atoms with Gasteiger partial charge in [-0.05, 0) is 31.2 Å². The van der Waals surface area contributed by atoms with Gasteiger partial charge in [0.15, 0.2) is 23.0 Å². The number of amides is 1. The zero-order valence-corrected chi connectivity index (χ0v) is 18.6. The van der Waals surface area contributed by atoms with Crippen LogP contribution in [0.3, 0.4) is 0 Å². The predicted octanol–water partition coefficient (Wildman–Crippen LogP) is 1.81. The Morgan fingerprint density at radius 2 is 1.84 bits per heavy atom. The van der Waals surface area contributed by atoms with Gasteiger partial charge in [0.1, 0.15) is 18.8 Å². The molecule has 1 heterocycles. The van der Waals surface area contributed by atoms with Gasteiger partial charge >= 0.3 is 0 Å². The quantitative estimate of drug-likeness (QED) is 0.654. The Morgan fingerprint density at radius 1 is 1.16 bits per heavy atom. The number of fused-ring (bicyclic) bond motifs is 1. The summed E-state index contributed by atoms with van der Waals surface area (Å²) < 4.78 is 48.0. The molecule has 0 unspecified atom stereocenters. The van der Waals surface area contributed by atoms with Crippen molar-refractivity contribution in [2.75, 3.05) is 37.9 Å². The second kappa shape index (κ2) is 9.34. The fourth-order valence-electron chi connectivity index (χ4n) is 3.30. The molecule has 2 atom stereocenters. The number of carbonyl (C=O) groups is 1. The van der Waals surface area contributed by atoms with Crippen LogP contribution in [-0.4, -0.2) is 60.1 Å². The minimum absolute atomic E-state index is 0.168. The van der Waals surface area contributed by atoms with Crippen molar-refractivity contribution in [3.8, 4) is 23.0 Å². The number of methoxy groups -OCH3 is 2. The molecule has 0 saturated carbocycles. The summed E-state index contributed by atoms with van der Waals surface area (Å²) in [6.45, 7) is 1.96. The summed E-state index contributed by atoms with van der Waals surface area (Å²) in [7, 11) is -0.835. The molecule has 0 radical (unpaired) electrons. The molecule has 1 aliphatic rings. The molecular weight excluding hydrogens is 424 g/mol. The first-order valence-corrected chi connectivity index (χ1v) is 11.5. The van der Waals surface area contributed by atoms with Crippen LogP contribution in [0.1, 0.15) is 6.92 Å². The molecule has 0 fully saturated rings. The van der Waals surface area contributed by atoms with Crippen LogP contribution in [0.15, 0.2) is 42.5 Å². The zero-order chi connectivity index (χ0) is 22.6. The molecular formula is C21H26N2O7S. The molecule has 2 aromatic rings. The minimum Gasteiger partial charge on any atom is -0.493 e. The summed E-state index contributed by atoms with van der Waals surface area (Å²) in [4.78, 5) is 12.8. The number of carbonyl (C=O) groups excluding carboxylic acids is 1. The molecule has 1 N–H and O–H groups in total. The lowest BCUT2D eigenvalue weighted by molar-refractivity contribution is -0.122. The molecule has 9 nitrogen and oxygen atoms in total. The number of rotatable bonds is 8. The molecule has 31 heavy (non-hydrogen) atoms. The lowest BCUT2D eigenvalue weighted by Gasteiger charge is -2.30. The Labute approximate surface area is 181 Å². The Balaban J connectivity index is 1.72. The lowest BCUT2D eigenvalue weighted by atomic mass is 10.2. The van der Waals surface area contributed by atoms with Gasteiger partial charge in [-0.15, -0.1) is 0 Å². The van der Waals surface area contributed by atoms with Gasteiger partial charge in [0, 0.05) is 6.07 Å².